The van der Waals surface area contributed by atoms with Gasteiger partial charge in [-0.25, -0.2) is 9.97 Å². The maximum absolute atomic E-state index is 4.40. The van der Waals surface area contributed by atoms with Crippen molar-refractivity contribution in [3.05, 3.63) is 32.7 Å². The van der Waals surface area contributed by atoms with Crippen molar-refractivity contribution in [3.8, 4) is 0 Å². The molecule has 2 heterocycles. The third kappa shape index (κ3) is 2.84. The second-order valence-corrected chi connectivity index (χ2v) is 5.15. The van der Waals surface area contributed by atoms with Gasteiger partial charge < -0.3 is 5.32 Å². The standard InChI is InChI=1S/C10H13N3S2/c1-7(10-5-14-6-12-10)11-3-9-4-15-8(2)13-9/h4-7,11H,3H2,1-2H3. The minimum Gasteiger partial charge on any atom is -0.303 e. The van der Waals surface area contributed by atoms with Crippen LogP contribution in [0.15, 0.2) is 16.3 Å². The second kappa shape index (κ2) is 4.83. The number of aromatic nitrogens is 2. The van der Waals surface area contributed by atoms with Crippen molar-refractivity contribution >= 4 is 22.7 Å². The van der Waals surface area contributed by atoms with Crippen LogP contribution in [0.3, 0.4) is 0 Å². The lowest BCUT2D eigenvalue weighted by Gasteiger charge is -2.09. The molecule has 2 rings (SSSR count). The molecular weight excluding hydrogens is 226 g/mol. The molecule has 2 aromatic rings. The highest BCUT2D eigenvalue weighted by Crippen LogP contribution is 2.13. The van der Waals surface area contributed by atoms with Crippen molar-refractivity contribution in [2.24, 2.45) is 0 Å². The summed E-state index contributed by atoms with van der Waals surface area (Å²) in [5, 5.41) is 8.69. The van der Waals surface area contributed by atoms with E-state index in [9.17, 15) is 0 Å². The molecular formula is C10H13N3S2. The highest BCUT2D eigenvalue weighted by Gasteiger charge is 2.07. The number of hydrogen-bond donors (Lipinski definition) is 1. The fourth-order valence-corrected chi connectivity index (χ4v) is 2.55. The molecule has 0 bridgehead atoms. The molecule has 15 heavy (non-hydrogen) atoms. The van der Waals surface area contributed by atoms with Gasteiger partial charge in [0.2, 0.25) is 0 Å². The molecule has 0 aliphatic carbocycles. The van der Waals surface area contributed by atoms with Gasteiger partial charge in [-0.05, 0) is 13.8 Å². The fourth-order valence-electron chi connectivity index (χ4n) is 1.29. The molecule has 0 saturated heterocycles. The predicted octanol–water partition coefficient (Wildman–Crippen LogP) is 2.76. The van der Waals surface area contributed by atoms with E-state index in [1.54, 1.807) is 22.7 Å². The molecule has 0 aliphatic heterocycles. The van der Waals surface area contributed by atoms with Crippen LogP contribution in [-0.2, 0) is 6.54 Å². The Bertz CT molecular complexity index is 408. The van der Waals surface area contributed by atoms with Crippen molar-refractivity contribution in [1.82, 2.24) is 15.3 Å². The lowest BCUT2D eigenvalue weighted by molar-refractivity contribution is 0.558. The molecule has 0 spiro atoms. The van der Waals surface area contributed by atoms with Crippen LogP contribution in [0, 0.1) is 6.92 Å². The summed E-state index contributed by atoms with van der Waals surface area (Å²) in [6.45, 7) is 4.95. The first kappa shape index (κ1) is 10.7. The van der Waals surface area contributed by atoms with E-state index >= 15 is 0 Å². The molecule has 0 radical (unpaired) electrons. The maximum Gasteiger partial charge on any atom is 0.0897 e. The van der Waals surface area contributed by atoms with Crippen LogP contribution in [0.4, 0.5) is 0 Å². The lowest BCUT2D eigenvalue weighted by Crippen LogP contribution is -2.18. The van der Waals surface area contributed by atoms with Gasteiger partial charge in [-0.1, -0.05) is 0 Å². The van der Waals surface area contributed by atoms with Gasteiger partial charge in [0.15, 0.2) is 0 Å². The largest absolute Gasteiger partial charge is 0.303 e. The molecule has 1 N–H and O–H groups in total. The molecule has 0 amide bonds. The van der Waals surface area contributed by atoms with Crippen molar-refractivity contribution in [2.75, 3.05) is 0 Å². The van der Waals surface area contributed by atoms with Gasteiger partial charge in [-0.3, -0.25) is 0 Å². The van der Waals surface area contributed by atoms with Gasteiger partial charge in [0.25, 0.3) is 0 Å². The van der Waals surface area contributed by atoms with E-state index in [1.807, 2.05) is 12.4 Å². The monoisotopic (exact) mass is 239 g/mol. The molecule has 5 heteroatoms. The topological polar surface area (TPSA) is 37.8 Å². The summed E-state index contributed by atoms with van der Waals surface area (Å²) in [6, 6.07) is 0.290. The smallest absolute Gasteiger partial charge is 0.0897 e. The van der Waals surface area contributed by atoms with Gasteiger partial charge in [0, 0.05) is 23.3 Å². The zero-order valence-electron chi connectivity index (χ0n) is 8.73. The van der Waals surface area contributed by atoms with E-state index in [2.05, 4.69) is 33.0 Å². The Morgan fingerprint density at radius 1 is 1.47 bits per heavy atom. The molecule has 0 aliphatic rings. The summed E-state index contributed by atoms with van der Waals surface area (Å²) in [5.41, 5.74) is 4.08. The summed E-state index contributed by atoms with van der Waals surface area (Å²) in [6.07, 6.45) is 0. The number of thiazole rings is 2. The van der Waals surface area contributed by atoms with Gasteiger partial charge in [0.05, 0.1) is 21.9 Å². The first-order valence-electron chi connectivity index (χ1n) is 4.78. The average Bonchev–Trinajstić information content (AvgIpc) is 2.84. The normalized spacial score (nSPS) is 12.9. The highest BCUT2D eigenvalue weighted by molar-refractivity contribution is 7.09. The maximum atomic E-state index is 4.40. The molecule has 3 nitrogen and oxygen atoms in total. The van der Waals surface area contributed by atoms with Crippen LogP contribution >= 0.6 is 22.7 Å². The molecule has 0 fully saturated rings. The predicted molar refractivity (Wildman–Crippen MR) is 64.2 cm³/mol. The Labute approximate surface area is 97.2 Å². The molecule has 0 aromatic carbocycles. The highest BCUT2D eigenvalue weighted by atomic mass is 32.1. The molecule has 80 valence electrons. The Morgan fingerprint density at radius 2 is 2.33 bits per heavy atom. The van der Waals surface area contributed by atoms with Crippen molar-refractivity contribution in [2.45, 2.75) is 26.4 Å². The minimum absolute atomic E-state index is 0.290. The van der Waals surface area contributed by atoms with Gasteiger partial charge in [-0.2, -0.15) is 0 Å². The van der Waals surface area contributed by atoms with Gasteiger partial charge in [-0.15, -0.1) is 22.7 Å². The third-order valence-electron chi connectivity index (χ3n) is 2.15. The van der Waals surface area contributed by atoms with Crippen LogP contribution in [0.2, 0.25) is 0 Å². The van der Waals surface area contributed by atoms with Crippen LogP contribution in [0.25, 0.3) is 0 Å². The molecule has 0 saturated carbocycles. The van der Waals surface area contributed by atoms with Crippen molar-refractivity contribution in [1.29, 1.82) is 0 Å². The van der Waals surface area contributed by atoms with E-state index < -0.39 is 0 Å². The van der Waals surface area contributed by atoms with E-state index in [4.69, 9.17) is 0 Å². The zero-order valence-corrected chi connectivity index (χ0v) is 10.4. The van der Waals surface area contributed by atoms with E-state index in [0.29, 0.717) is 6.04 Å². The summed E-state index contributed by atoms with van der Waals surface area (Å²) in [5.74, 6) is 0. The van der Waals surface area contributed by atoms with E-state index in [0.717, 1.165) is 22.9 Å². The van der Waals surface area contributed by atoms with E-state index in [-0.39, 0.29) is 0 Å². The van der Waals surface area contributed by atoms with Crippen LogP contribution in [0.5, 0.6) is 0 Å². The third-order valence-corrected chi connectivity index (χ3v) is 3.58. The summed E-state index contributed by atoms with van der Waals surface area (Å²) in [4.78, 5) is 8.67. The second-order valence-electron chi connectivity index (χ2n) is 3.37. The summed E-state index contributed by atoms with van der Waals surface area (Å²) < 4.78 is 0. The van der Waals surface area contributed by atoms with Crippen LogP contribution in [-0.4, -0.2) is 9.97 Å². The zero-order chi connectivity index (χ0) is 10.7. The van der Waals surface area contributed by atoms with Gasteiger partial charge in [0.1, 0.15) is 0 Å². The van der Waals surface area contributed by atoms with Crippen LogP contribution < -0.4 is 5.32 Å². The Kier molecular flexibility index (Phi) is 3.45. The average molecular weight is 239 g/mol. The quantitative estimate of drug-likeness (QED) is 0.891. The van der Waals surface area contributed by atoms with Crippen molar-refractivity contribution in [3.63, 3.8) is 0 Å². The van der Waals surface area contributed by atoms with Crippen LogP contribution in [0.1, 0.15) is 29.4 Å². The fraction of sp³-hybridized carbons (Fsp3) is 0.400. The number of aryl methyl sites for hydroxylation is 1. The number of rotatable bonds is 4. The Hall–Kier alpha value is -0.780. The number of hydrogen-bond acceptors (Lipinski definition) is 5. The van der Waals surface area contributed by atoms with Gasteiger partial charge >= 0.3 is 0 Å². The molecule has 1 unspecified atom stereocenters. The van der Waals surface area contributed by atoms with Crippen molar-refractivity contribution < 1.29 is 0 Å². The Balaban J connectivity index is 1.88. The SMILES string of the molecule is Cc1nc(CNC(C)c2cscn2)cs1. The van der Waals surface area contributed by atoms with E-state index in [1.165, 1.54) is 0 Å². The Morgan fingerprint density at radius 3 is 2.93 bits per heavy atom. The number of nitrogens with zero attached hydrogens (tertiary/aromatic N) is 2. The molecule has 1 atom stereocenters. The first-order valence-corrected chi connectivity index (χ1v) is 6.60. The first-order chi connectivity index (χ1) is 7.25. The lowest BCUT2D eigenvalue weighted by atomic mass is 10.2. The molecule has 2 aromatic heterocycles. The number of nitrogens with one attached hydrogen (secondary N) is 1. The summed E-state index contributed by atoms with van der Waals surface area (Å²) in [7, 11) is 0. The summed E-state index contributed by atoms with van der Waals surface area (Å²) >= 11 is 3.32. The minimum atomic E-state index is 0.290.